The van der Waals surface area contributed by atoms with Crippen molar-refractivity contribution in [3.63, 3.8) is 0 Å². The molecule has 2 N–H and O–H groups in total. The minimum absolute atomic E-state index is 0. The first-order valence-corrected chi connectivity index (χ1v) is 4.29. The summed E-state index contributed by atoms with van der Waals surface area (Å²) in [5.74, 6) is 0. The van der Waals surface area contributed by atoms with Gasteiger partial charge in [0.2, 0.25) is 0 Å². The fourth-order valence-corrected chi connectivity index (χ4v) is 0.695. The van der Waals surface area contributed by atoms with Gasteiger partial charge in [-0.1, -0.05) is 13.3 Å². The van der Waals surface area contributed by atoms with Gasteiger partial charge in [0.15, 0.2) is 17.4 Å². The predicted octanol–water partition coefficient (Wildman–Crippen LogP) is -0.288. The number of hydrogen-bond acceptors (Lipinski definition) is 2. The smallest absolute Gasteiger partial charge is 0.303 e. The molecule has 0 saturated carbocycles. The summed E-state index contributed by atoms with van der Waals surface area (Å²) in [5, 5.41) is 0. The highest BCUT2D eigenvalue weighted by Crippen LogP contribution is 2.35. The van der Waals surface area contributed by atoms with Gasteiger partial charge in [-0.2, -0.15) is 0 Å². The fourth-order valence-electron chi connectivity index (χ4n) is 0.328. The molecule has 62 valence electrons. The molecule has 0 fully saturated rings. The summed E-state index contributed by atoms with van der Waals surface area (Å²) < 4.78 is 14.1. The molecule has 0 heterocycles. The van der Waals surface area contributed by atoms with Crippen molar-refractivity contribution in [1.29, 1.82) is 0 Å². The van der Waals surface area contributed by atoms with E-state index in [0.717, 1.165) is 6.42 Å². The Bertz CT molecular complexity index is 112. The molecule has 0 spiro atoms. The Morgan fingerprint density at radius 3 is 2.30 bits per heavy atom. The van der Waals surface area contributed by atoms with Gasteiger partial charge >= 0.3 is 7.82 Å². The van der Waals surface area contributed by atoms with Gasteiger partial charge in [0.05, 0.1) is 6.61 Å². The van der Waals surface area contributed by atoms with Crippen molar-refractivity contribution in [3.8, 4) is 0 Å². The van der Waals surface area contributed by atoms with Crippen LogP contribution in [0.3, 0.4) is 0 Å². The number of phosphoric ester groups is 1. The summed E-state index contributed by atoms with van der Waals surface area (Å²) in [6.07, 6.45) is 1.56. The zero-order valence-corrected chi connectivity index (χ0v) is 6.17. The maximum Gasteiger partial charge on any atom is 0.469 e. The molecule has 4 nitrogen and oxygen atoms in total. The van der Waals surface area contributed by atoms with Crippen LogP contribution in [-0.2, 0) is 9.09 Å². The van der Waals surface area contributed by atoms with Gasteiger partial charge in [0.1, 0.15) is 0 Å². The van der Waals surface area contributed by atoms with E-state index in [4.69, 9.17) is 9.79 Å². The normalized spacial score (nSPS) is 10.7. The molecule has 0 aromatic rings. The van der Waals surface area contributed by atoms with Crippen LogP contribution in [0.1, 0.15) is 19.8 Å². The van der Waals surface area contributed by atoms with Gasteiger partial charge in [0.25, 0.3) is 0 Å². The van der Waals surface area contributed by atoms with Crippen LogP contribution in [0.2, 0.25) is 0 Å². The molecule has 6 heteroatoms. The van der Waals surface area contributed by atoms with E-state index < -0.39 is 7.82 Å². The second kappa shape index (κ2) is 6.36. The zero-order chi connectivity index (χ0) is 7.33. The van der Waals surface area contributed by atoms with E-state index in [1.165, 1.54) is 0 Å². The molecule has 0 aliphatic rings. The third-order valence-electron chi connectivity index (χ3n) is 0.757. The quantitative estimate of drug-likeness (QED) is 0.358. The molecule has 0 aromatic heterocycles. The Kier molecular flexibility index (Phi) is 8.42. The molecule has 0 saturated heterocycles. The largest absolute Gasteiger partial charge is 0.469 e. The first kappa shape index (κ1) is 13.2. The zero-order valence-electron chi connectivity index (χ0n) is 5.28. The SMILES string of the molecule is CCCCOP(=O)(O)O.[AlH3]. The second-order valence-corrected chi connectivity index (χ2v) is 2.92. The number of phosphoric acid groups is 1. The molecular formula is C4H14AlO4P. The van der Waals surface area contributed by atoms with Gasteiger partial charge in [-0.3, -0.25) is 4.52 Å². The molecule has 0 unspecified atom stereocenters. The summed E-state index contributed by atoms with van der Waals surface area (Å²) in [5.41, 5.74) is 0. The van der Waals surface area contributed by atoms with Crippen molar-refractivity contribution in [1.82, 2.24) is 0 Å². The summed E-state index contributed by atoms with van der Waals surface area (Å²) in [6.45, 7) is 2.06. The summed E-state index contributed by atoms with van der Waals surface area (Å²) in [6, 6.07) is 0. The number of hydrogen-bond donors (Lipinski definition) is 2. The fraction of sp³-hybridized carbons (Fsp3) is 1.00. The van der Waals surface area contributed by atoms with Gasteiger partial charge in [-0.05, 0) is 6.42 Å². The van der Waals surface area contributed by atoms with Crippen molar-refractivity contribution in [3.05, 3.63) is 0 Å². The van der Waals surface area contributed by atoms with Crippen molar-refractivity contribution in [2.45, 2.75) is 19.8 Å². The van der Waals surface area contributed by atoms with E-state index in [-0.39, 0.29) is 24.0 Å². The lowest BCUT2D eigenvalue weighted by Crippen LogP contribution is -1.90. The standard InChI is InChI=1S/C4H11O4P.Al.3H/c1-2-3-4-8-9(5,6)7;;;;/h2-4H2,1H3,(H2,5,6,7);;;;. The lowest BCUT2D eigenvalue weighted by atomic mass is 10.4. The molecule has 0 aliphatic heterocycles. The molecule has 0 aromatic carbocycles. The third kappa shape index (κ3) is 11.4. The van der Waals surface area contributed by atoms with E-state index in [1.807, 2.05) is 6.92 Å². The average Bonchev–Trinajstić information content (AvgIpc) is 1.63. The minimum atomic E-state index is -4.20. The van der Waals surface area contributed by atoms with Crippen LogP contribution in [0.5, 0.6) is 0 Å². The van der Waals surface area contributed by atoms with Crippen LogP contribution in [-0.4, -0.2) is 33.8 Å². The van der Waals surface area contributed by atoms with E-state index in [0.29, 0.717) is 6.42 Å². The average molecular weight is 184 g/mol. The van der Waals surface area contributed by atoms with E-state index >= 15 is 0 Å². The van der Waals surface area contributed by atoms with Gasteiger partial charge in [0, 0.05) is 0 Å². The third-order valence-corrected chi connectivity index (χ3v) is 1.28. The van der Waals surface area contributed by atoms with Crippen LogP contribution in [0.15, 0.2) is 0 Å². The molecule has 0 amide bonds. The number of rotatable bonds is 4. The topological polar surface area (TPSA) is 66.8 Å². The first-order valence-electron chi connectivity index (χ1n) is 2.76. The summed E-state index contributed by atoms with van der Waals surface area (Å²) in [7, 11) is -4.20. The Balaban J connectivity index is 0. The van der Waals surface area contributed by atoms with E-state index in [1.54, 1.807) is 0 Å². The Hall–Kier alpha value is 0.642. The van der Waals surface area contributed by atoms with Crippen LogP contribution < -0.4 is 0 Å². The van der Waals surface area contributed by atoms with E-state index in [9.17, 15) is 4.57 Å². The molecule has 0 radical (unpaired) electrons. The maximum absolute atomic E-state index is 9.98. The molecule has 0 aliphatic carbocycles. The summed E-state index contributed by atoms with van der Waals surface area (Å²) >= 11 is 0. The lowest BCUT2D eigenvalue weighted by Gasteiger charge is -2.02. The summed E-state index contributed by atoms with van der Waals surface area (Å²) in [4.78, 5) is 16.3. The highest BCUT2D eigenvalue weighted by atomic mass is 31.2. The first-order chi connectivity index (χ1) is 4.06. The van der Waals surface area contributed by atoms with Crippen molar-refractivity contribution >= 4 is 25.2 Å². The molecule has 10 heavy (non-hydrogen) atoms. The van der Waals surface area contributed by atoms with Crippen LogP contribution in [0.4, 0.5) is 0 Å². The highest BCUT2D eigenvalue weighted by Gasteiger charge is 2.11. The number of unbranched alkanes of at least 4 members (excludes halogenated alkanes) is 1. The predicted molar refractivity (Wildman–Crippen MR) is 42.8 cm³/mol. The monoisotopic (exact) mass is 184 g/mol. The van der Waals surface area contributed by atoms with Gasteiger partial charge in [-0.25, -0.2) is 4.57 Å². The van der Waals surface area contributed by atoms with Gasteiger partial charge < -0.3 is 9.79 Å². The molecule has 0 bridgehead atoms. The van der Waals surface area contributed by atoms with Crippen molar-refractivity contribution in [2.75, 3.05) is 6.61 Å². The van der Waals surface area contributed by atoms with E-state index in [2.05, 4.69) is 4.52 Å². The van der Waals surface area contributed by atoms with Crippen molar-refractivity contribution < 1.29 is 18.9 Å². The Morgan fingerprint density at radius 2 is 2.00 bits per heavy atom. The van der Waals surface area contributed by atoms with Crippen LogP contribution >= 0.6 is 7.82 Å². The van der Waals surface area contributed by atoms with Crippen LogP contribution in [0.25, 0.3) is 0 Å². The van der Waals surface area contributed by atoms with Crippen molar-refractivity contribution in [2.24, 2.45) is 0 Å². The maximum atomic E-state index is 9.98. The minimum Gasteiger partial charge on any atom is -0.303 e. The van der Waals surface area contributed by atoms with Gasteiger partial charge in [-0.15, -0.1) is 0 Å². The second-order valence-electron chi connectivity index (χ2n) is 1.68. The Labute approximate surface area is 71.0 Å². The highest BCUT2D eigenvalue weighted by molar-refractivity contribution is 7.46. The van der Waals surface area contributed by atoms with Crippen LogP contribution in [0, 0.1) is 0 Å². The lowest BCUT2D eigenvalue weighted by molar-refractivity contribution is 0.194. The molecule has 0 rings (SSSR count). The molecular weight excluding hydrogens is 170 g/mol. The molecule has 0 atom stereocenters. The Morgan fingerprint density at radius 1 is 1.50 bits per heavy atom.